The van der Waals surface area contributed by atoms with Crippen LogP contribution in [0.4, 0.5) is 11.4 Å². The van der Waals surface area contributed by atoms with Crippen molar-refractivity contribution in [3.63, 3.8) is 0 Å². The van der Waals surface area contributed by atoms with E-state index in [2.05, 4.69) is 27.3 Å². The van der Waals surface area contributed by atoms with Crippen LogP contribution in [0, 0.1) is 11.8 Å². The molecule has 0 fully saturated rings. The molecule has 0 amide bonds. The second-order valence-electron chi connectivity index (χ2n) is 9.56. The number of ether oxygens (including phenoxy) is 2. The highest BCUT2D eigenvalue weighted by molar-refractivity contribution is 7.80. The van der Waals surface area contributed by atoms with Crippen molar-refractivity contribution < 1.29 is 19.1 Å². The predicted octanol–water partition coefficient (Wildman–Crippen LogP) is 4.96. The molecule has 10 heteroatoms. The second-order valence-corrected chi connectivity index (χ2v) is 10.4. The maximum atomic E-state index is 12.3. The van der Waals surface area contributed by atoms with E-state index in [0.29, 0.717) is 10.2 Å². The minimum absolute atomic E-state index is 0.0253. The number of hydrogen-bond donors (Lipinski definition) is 4. The van der Waals surface area contributed by atoms with E-state index in [1.54, 1.807) is 0 Å². The fourth-order valence-electron chi connectivity index (χ4n) is 4.17. The molecule has 38 heavy (non-hydrogen) atoms. The van der Waals surface area contributed by atoms with Gasteiger partial charge in [-0.05, 0) is 53.8 Å². The summed E-state index contributed by atoms with van der Waals surface area (Å²) < 4.78 is 9.85. The Morgan fingerprint density at radius 1 is 0.711 bits per heavy atom. The van der Waals surface area contributed by atoms with Crippen molar-refractivity contribution in [1.82, 2.24) is 10.6 Å². The number of thiocarbonyl (C=S) groups is 2. The molecule has 0 saturated heterocycles. The summed E-state index contributed by atoms with van der Waals surface area (Å²) in [6, 6.07) is 14.7. The Morgan fingerprint density at radius 3 is 1.79 bits per heavy atom. The van der Waals surface area contributed by atoms with Crippen LogP contribution in [0.1, 0.15) is 27.7 Å². The number of carbonyl (C=O) groups excluding carboxylic acids is 2. The van der Waals surface area contributed by atoms with E-state index >= 15 is 0 Å². The van der Waals surface area contributed by atoms with E-state index in [0.717, 1.165) is 32.9 Å². The molecule has 0 aliphatic rings. The van der Waals surface area contributed by atoms with Gasteiger partial charge in [0.15, 0.2) is 10.2 Å². The molecule has 202 valence electrons. The van der Waals surface area contributed by atoms with E-state index in [-0.39, 0.29) is 23.8 Å². The lowest BCUT2D eigenvalue weighted by atomic mass is 9.99. The summed E-state index contributed by atoms with van der Waals surface area (Å²) in [7, 11) is 2.71. The monoisotopic (exact) mass is 554 g/mol. The van der Waals surface area contributed by atoms with Gasteiger partial charge in [0.1, 0.15) is 12.1 Å². The number of carbonyl (C=O) groups is 2. The van der Waals surface area contributed by atoms with Crippen molar-refractivity contribution in [2.45, 2.75) is 39.8 Å². The first kappa shape index (κ1) is 29.1. The fraction of sp³-hybridized carbons (Fsp3) is 0.357. The Kier molecular flexibility index (Phi) is 9.82. The average molecular weight is 555 g/mol. The molecule has 2 atom stereocenters. The normalized spacial score (nSPS) is 12.6. The maximum absolute atomic E-state index is 12.3. The minimum Gasteiger partial charge on any atom is -0.467 e. The number of rotatable bonds is 8. The first-order valence-corrected chi connectivity index (χ1v) is 13.1. The number of hydrogen-bond acceptors (Lipinski definition) is 6. The average Bonchev–Trinajstić information content (AvgIpc) is 2.89. The number of anilines is 2. The van der Waals surface area contributed by atoms with E-state index in [1.165, 1.54) is 14.2 Å². The van der Waals surface area contributed by atoms with E-state index in [1.807, 2.05) is 70.2 Å². The summed E-state index contributed by atoms with van der Waals surface area (Å²) in [4.78, 5) is 24.5. The second kappa shape index (κ2) is 12.8. The van der Waals surface area contributed by atoms with Crippen LogP contribution in [0.3, 0.4) is 0 Å². The van der Waals surface area contributed by atoms with Gasteiger partial charge in [-0.2, -0.15) is 0 Å². The number of methoxy groups -OCH3 is 2. The number of esters is 2. The van der Waals surface area contributed by atoms with Crippen LogP contribution in [0.15, 0.2) is 48.5 Å². The third-order valence-corrected chi connectivity index (χ3v) is 6.65. The lowest BCUT2D eigenvalue weighted by molar-refractivity contribution is -0.144. The number of benzene rings is 3. The Labute approximate surface area is 233 Å². The summed E-state index contributed by atoms with van der Waals surface area (Å²) in [5, 5.41) is 17.1. The zero-order valence-corrected chi connectivity index (χ0v) is 24.0. The topological polar surface area (TPSA) is 101 Å². The molecule has 0 radical (unpaired) electrons. The lowest BCUT2D eigenvalue weighted by Crippen LogP contribution is -2.46. The van der Waals surface area contributed by atoms with Crippen molar-refractivity contribution in [3.05, 3.63) is 48.5 Å². The molecule has 0 aliphatic heterocycles. The summed E-state index contributed by atoms with van der Waals surface area (Å²) in [5.41, 5.74) is 1.55. The molecule has 8 nitrogen and oxygen atoms in total. The van der Waals surface area contributed by atoms with Crippen molar-refractivity contribution in [3.8, 4) is 0 Å². The van der Waals surface area contributed by atoms with Gasteiger partial charge >= 0.3 is 11.9 Å². The van der Waals surface area contributed by atoms with Gasteiger partial charge in [-0.1, -0.05) is 64.1 Å². The van der Waals surface area contributed by atoms with Gasteiger partial charge in [-0.15, -0.1) is 0 Å². The molecule has 3 aromatic carbocycles. The highest BCUT2D eigenvalue weighted by Crippen LogP contribution is 2.36. The van der Waals surface area contributed by atoms with Gasteiger partial charge < -0.3 is 30.7 Å². The zero-order valence-electron chi connectivity index (χ0n) is 22.4. The highest BCUT2D eigenvalue weighted by atomic mass is 32.1. The van der Waals surface area contributed by atoms with Gasteiger partial charge in [0, 0.05) is 21.8 Å². The van der Waals surface area contributed by atoms with Gasteiger partial charge in [-0.3, -0.25) is 0 Å². The molecule has 0 saturated carbocycles. The number of nitrogens with one attached hydrogen (secondary N) is 4. The summed E-state index contributed by atoms with van der Waals surface area (Å²) >= 11 is 11.2. The van der Waals surface area contributed by atoms with E-state index in [4.69, 9.17) is 33.9 Å². The van der Waals surface area contributed by atoms with Gasteiger partial charge in [-0.25, -0.2) is 9.59 Å². The first-order valence-electron chi connectivity index (χ1n) is 12.3. The van der Waals surface area contributed by atoms with Crippen molar-refractivity contribution in [1.29, 1.82) is 0 Å². The first-order chi connectivity index (χ1) is 18.1. The Hall–Kier alpha value is -3.50. The molecule has 0 spiro atoms. The summed E-state index contributed by atoms with van der Waals surface area (Å²) in [6.45, 7) is 7.67. The summed E-state index contributed by atoms with van der Waals surface area (Å²) in [5.74, 6) is -0.823. The third-order valence-electron chi connectivity index (χ3n) is 6.21. The van der Waals surface area contributed by atoms with E-state index < -0.39 is 12.1 Å². The quantitative estimate of drug-likeness (QED) is 0.174. The molecule has 0 heterocycles. The van der Waals surface area contributed by atoms with Crippen LogP contribution in [0.25, 0.3) is 21.5 Å². The van der Waals surface area contributed by atoms with Gasteiger partial charge in [0.2, 0.25) is 0 Å². The molecular weight excluding hydrogens is 520 g/mol. The highest BCUT2D eigenvalue weighted by Gasteiger charge is 2.25. The molecule has 4 N–H and O–H groups in total. The molecule has 0 aliphatic carbocycles. The Bertz CT molecular complexity index is 1360. The fourth-order valence-corrected chi connectivity index (χ4v) is 4.64. The van der Waals surface area contributed by atoms with Crippen molar-refractivity contribution in [2.75, 3.05) is 24.9 Å². The Balaban J connectivity index is 1.99. The molecule has 0 aromatic heterocycles. The van der Waals surface area contributed by atoms with Crippen LogP contribution in [0.5, 0.6) is 0 Å². The van der Waals surface area contributed by atoms with Crippen LogP contribution >= 0.6 is 24.4 Å². The molecule has 3 rings (SSSR count). The minimum atomic E-state index is -0.592. The smallest absolute Gasteiger partial charge is 0.328 e. The van der Waals surface area contributed by atoms with Crippen LogP contribution in [-0.2, 0) is 19.1 Å². The largest absolute Gasteiger partial charge is 0.467 e. The van der Waals surface area contributed by atoms with Crippen LogP contribution in [0.2, 0.25) is 0 Å². The SMILES string of the molecule is COC(=O)C(NC(=S)Nc1cccc2c(NC(=S)NC(C(=O)OC)C(C)C)c3ccccc3cc12)C(C)C. The van der Waals surface area contributed by atoms with Crippen molar-refractivity contribution >= 4 is 79.5 Å². The molecule has 0 bridgehead atoms. The summed E-state index contributed by atoms with van der Waals surface area (Å²) in [6.07, 6.45) is 0. The molecular formula is C28H34N4O4S2. The Morgan fingerprint density at radius 2 is 1.24 bits per heavy atom. The van der Waals surface area contributed by atoms with E-state index in [9.17, 15) is 9.59 Å². The predicted molar refractivity (Wildman–Crippen MR) is 161 cm³/mol. The van der Waals surface area contributed by atoms with Gasteiger partial charge in [0.05, 0.1) is 19.9 Å². The lowest BCUT2D eigenvalue weighted by Gasteiger charge is -2.24. The third kappa shape index (κ3) is 6.68. The van der Waals surface area contributed by atoms with Crippen LogP contribution in [-0.4, -0.2) is 48.5 Å². The molecule has 2 unspecified atom stereocenters. The zero-order chi connectivity index (χ0) is 28.0. The molecule has 3 aromatic rings. The number of fused-ring (bicyclic) bond motifs is 2. The van der Waals surface area contributed by atoms with Crippen molar-refractivity contribution in [2.24, 2.45) is 11.8 Å². The van der Waals surface area contributed by atoms with Crippen LogP contribution < -0.4 is 21.3 Å². The maximum Gasteiger partial charge on any atom is 0.328 e. The van der Waals surface area contributed by atoms with Gasteiger partial charge in [0.25, 0.3) is 0 Å². The standard InChI is InChI=1S/C28H34N4O4S2/c1-15(2)22(25(33)35-5)30-27(37)29-21-13-9-12-19-20(21)14-17-10-7-8-11-18(17)24(19)32-28(38)31-23(16(3)4)26(34)36-6/h7-16,22-23H,1-6H3,(H2,29,30,37)(H2,31,32,38).